The number of hydrogen-bond donors (Lipinski definition) is 3. The van der Waals surface area contributed by atoms with Crippen molar-refractivity contribution in [2.45, 2.75) is 68.0 Å². The molecule has 3 heterocycles. The van der Waals surface area contributed by atoms with E-state index in [1.807, 2.05) is 31.2 Å². The summed E-state index contributed by atoms with van der Waals surface area (Å²) in [4.78, 5) is 31.5. The lowest BCUT2D eigenvalue weighted by Gasteiger charge is -2.41. The summed E-state index contributed by atoms with van der Waals surface area (Å²) >= 11 is 0. The van der Waals surface area contributed by atoms with Crippen molar-refractivity contribution in [1.82, 2.24) is 4.90 Å². The monoisotopic (exact) mass is 540 g/mol. The molecule has 10 nitrogen and oxygen atoms in total. The third kappa shape index (κ3) is 4.33. The van der Waals surface area contributed by atoms with Crippen molar-refractivity contribution in [2.24, 2.45) is 16.5 Å². The molecule has 11 heteroatoms. The quantitative estimate of drug-likeness (QED) is 0.532. The van der Waals surface area contributed by atoms with E-state index in [1.165, 1.54) is 17.0 Å². The number of benzene rings is 2. The fraction of sp³-hybridized carbons (Fsp3) is 0.444. The number of carbonyl (C=O) groups excluding carboxylic acids is 2. The van der Waals surface area contributed by atoms with Crippen molar-refractivity contribution >= 4 is 27.6 Å². The van der Waals surface area contributed by atoms with Crippen LogP contribution in [0.15, 0.2) is 46.3 Å². The Morgan fingerprint density at radius 1 is 1.24 bits per heavy atom. The van der Waals surface area contributed by atoms with Crippen LogP contribution in [-0.4, -0.2) is 59.7 Å². The average Bonchev–Trinajstić information content (AvgIpc) is 2.82. The summed E-state index contributed by atoms with van der Waals surface area (Å²) in [5.41, 5.74) is 11.3. The first-order chi connectivity index (χ1) is 17.7. The Morgan fingerprint density at radius 2 is 1.95 bits per heavy atom. The number of nitrogens with two attached hydrogens (primary N) is 2. The van der Waals surface area contributed by atoms with Crippen LogP contribution in [0.25, 0.3) is 0 Å². The van der Waals surface area contributed by atoms with Crippen LogP contribution in [-0.2, 0) is 21.1 Å². The SMILES string of the molecule is C[C@@H]1c2ccccc2OC[C@@]1(O)Cc1cc2c(cc1C(N)=O)C(N1C(=O)CC(C)(C)N=C1N)CCS2(=O)=O. The number of ether oxygens (including phenoxy) is 1. The molecule has 3 aliphatic heterocycles. The zero-order valence-electron chi connectivity index (χ0n) is 21.6. The van der Waals surface area contributed by atoms with Crippen molar-refractivity contribution in [1.29, 1.82) is 0 Å². The highest BCUT2D eigenvalue weighted by molar-refractivity contribution is 7.91. The van der Waals surface area contributed by atoms with E-state index in [9.17, 15) is 23.1 Å². The van der Waals surface area contributed by atoms with Crippen LogP contribution in [0.1, 0.15) is 72.6 Å². The molecule has 0 fully saturated rings. The zero-order valence-corrected chi connectivity index (χ0v) is 22.4. The van der Waals surface area contributed by atoms with Gasteiger partial charge in [-0.05, 0) is 55.2 Å². The summed E-state index contributed by atoms with van der Waals surface area (Å²) in [7, 11) is -3.74. The number of aliphatic imine (C=N–C) groups is 1. The molecule has 0 bridgehead atoms. The summed E-state index contributed by atoms with van der Waals surface area (Å²) in [5, 5.41) is 11.6. The van der Waals surface area contributed by atoms with Crippen LogP contribution in [0.3, 0.4) is 0 Å². The molecular weight excluding hydrogens is 508 g/mol. The van der Waals surface area contributed by atoms with Crippen LogP contribution in [0.2, 0.25) is 0 Å². The van der Waals surface area contributed by atoms with Crippen molar-refractivity contribution in [2.75, 3.05) is 12.4 Å². The second kappa shape index (κ2) is 8.81. The van der Waals surface area contributed by atoms with E-state index >= 15 is 0 Å². The fourth-order valence-electron chi connectivity index (χ4n) is 5.79. The number of rotatable bonds is 4. The van der Waals surface area contributed by atoms with Gasteiger partial charge in [-0.15, -0.1) is 0 Å². The molecule has 0 spiro atoms. The van der Waals surface area contributed by atoms with E-state index < -0.39 is 32.9 Å². The molecule has 0 aromatic heterocycles. The highest BCUT2D eigenvalue weighted by Crippen LogP contribution is 2.43. The number of sulfone groups is 1. The average molecular weight is 541 g/mol. The molecule has 3 atom stereocenters. The van der Waals surface area contributed by atoms with E-state index in [-0.39, 0.29) is 65.4 Å². The predicted molar refractivity (Wildman–Crippen MR) is 141 cm³/mol. The van der Waals surface area contributed by atoms with Gasteiger partial charge in [0.15, 0.2) is 15.8 Å². The first-order valence-electron chi connectivity index (χ1n) is 12.5. The number of primary amides is 1. The van der Waals surface area contributed by atoms with Gasteiger partial charge in [0.1, 0.15) is 18.0 Å². The number of para-hydroxylation sites is 1. The Labute approximate surface area is 221 Å². The molecule has 38 heavy (non-hydrogen) atoms. The third-order valence-corrected chi connectivity index (χ3v) is 9.65. The Hall–Kier alpha value is -3.44. The zero-order chi connectivity index (χ0) is 27.6. The van der Waals surface area contributed by atoms with Gasteiger partial charge in [-0.3, -0.25) is 14.5 Å². The van der Waals surface area contributed by atoms with E-state index in [2.05, 4.69) is 4.99 Å². The van der Waals surface area contributed by atoms with Gasteiger partial charge in [-0.2, -0.15) is 0 Å². The van der Waals surface area contributed by atoms with Gasteiger partial charge in [0, 0.05) is 17.9 Å². The largest absolute Gasteiger partial charge is 0.490 e. The molecule has 2 aromatic carbocycles. The number of aliphatic hydroxyl groups is 1. The molecule has 3 aliphatic rings. The minimum absolute atomic E-state index is 0.00681. The maximum Gasteiger partial charge on any atom is 0.248 e. The van der Waals surface area contributed by atoms with E-state index in [4.69, 9.17) is 16.2 Å². The molecule has 0 aliphatic carbocycles. The molecule has 1 unspecified atom stereocenters. The summed E-state index contributed by atoms with van der Waals surface area (Å²) in [6, 6.07) is 9.50. The van der Waals surface area contributed by atoms with Gasteiger partial charge in [0.25, 0.3) is 0 Å². The van der Waals surface area contributed by atoms with Crippen LogP contribution in [0.4, 0.5) is 0 Å². The topological polar surface area (TPSA) is 165 Å². The molecular formula is C27H32N4O6S. The number of nitrogens with zero attached hydrogens (tertiary/aromatic N) is 2. The van der Waals surface area contributed by atoms with Gasteiger partial charge >= 0.3 is 0 Å². The number of amides is 2. The Bertz CT molecular complexity index is 1480. The number of fused-ring (bicyclic) bond motifs is 2. The van der Waals surface area contributed by atoms with E-state index in [0.29, 0.717) is 11.3 Å². The van der Waals surface area contributed by atoms with Crippen molar-refractivity contribution in [3.05, 3.63) is 58.7 Å². The lowest BCUT2D eigenvalue weighted by atomic mass is 9.77. The van der Waals surface area contributed by atoms with Crippen LogP contribution in [0.5, 0.6) is 5.75 Å². The smallest absolute Gasteiger partial charge is 0.248 e. The molecule has 5 rings (SSSR count). The van der Waals surface area contributed by atoms with Gasteiger partial charge in [0.2, 0.25) is 11.8 Å². The second-order valence-corrected chi connectivity index (χ2v) is 13.2. The van der Waals surface area contributed by atoms with Crippen molar-refractivity contribution < 1.29 is 27.9 Å². The Morgan fingerprint density at radius 3 is 2.63 bits per heavy atom. The van der Waals surface area contributed by atoms with Gasteiger partial charge in [0.05, 0.1) is 28.6 Å². The Kier molecular flexibility index (Phi) is 6.07. The Balaban J connectivity index is 1.60. The summed E-state index contributed by atoms with van der Waals surface area (Å²) in [6.07, 6.45) is 0.148. The minimum Gasteiger partial charge on any atom is -0.490 e. The lowest BCUT2D eigenvalue weighted by molar-refractivity contribution is -0.131. The third-order valence-electron chi connectivity index (χ3n) is 7.85. The fourth-order valence-corrected chi connectivity index (χ4v) is 7.41. The van der Waals surface area contributed by atoms with Crippen molar-refractivity contribution in [3.8, 4) is 5.75 Å². The first kappa shape index (κ1) is 26.2. The number of guanidine groups is 1. The summed E-state index contributed by atoms with van der Waals surface area (Å²) in [6.45, 7) is 5.42. The van der Waals surface area contributed by atoms with E-state index in [0.717, 1.165) is 5.56 Å². The van der Waals surface area contributed by atoms with Gasteiger partial charge in [-0.1, -0.05) is 25.1 Å². The molecule has 0 saturated carbocycles. The molecule has 0 radical (unpaired) electrons. The van der Waals surface area contributed by atoms with E-state index in [1.54, 1.807) is 13.8 Å². The molecule has 2 aromatic rings. The maximum atomic E-state index is 13.2. The standard InChI is InChI=1S/C27H32N4O6S/c1-15-17-6-4-5-7-21(17)37-14-27(15,34)12-16-10-22-19(11-18(16)24(28)33)20(8-9-38(22,35)36)31-23(32)13-26(2,3)30-25(31)29/h4-7,10-11,15,20,34H,8-9,12-14H2,1-3H3,(H2,28,33)(H2,29,30)/t15-,20?,27+/m1/s1. The second-order valence-electron chi connectivity index (χ2n) is 11.1. The number of hydrogen-bond acceptors (Lipinski definition) is 8. The predicted octanol–water partition coefficient (Wildman–Crippen LogP) is 1.80. The van der Waals surface area contributed by atoms with Gasteiger partial charge < -0.3 is 21.3 Å². The summed E-state index contributed by atoms with van der Waals surface area (Å²) < 4.78 is 32.3. The van der Waals surface area contributed by atoms with Crippen LogP contribution >= 0.6 is 0 Å². The molecule has 5 N–H and O–H groups in total. The van der Waals surface area contributed by atoms with Crippen LogP contribution in [0, 0.1) is 0 Å². The normalized spacial score (nSPS) is 27.5. The molecule has 0 saturated heterocycles. The van der Waals surface area contributed by atoms with Crippen LogP contribution < -0.4 is 16.2 Å². The molecule has 2 amide bonds. The highest BCUT2D eigenvalue weighted by atomic mass is 32.2. The first-order valence-corrected chi connectivity index (χ1v) is 14.2. The minimum atomic E-state index is -3.74. The highest BCUT2D eigenvalue weighted by Gasteiger charge is 2.44. The summed E-state index contributed by atoms with van der Waals surface area (Å²) in [5.74, 6) is -0.942. The molecule has 202 valence electrons. The maximum absolute atomic E-state index is 13.2. The number of carbonyl (C=O) groups is 2. The lowest BCUT2D eigenvalue weighted by Crippen LogP contribution is -2.52. The van der Waals surface area contributed by atoms with Crippen molar-refractivity contribution in [3.63, 3.8) is 0 Å². The van der Waals surface area contributed by atoms with Gasteiger partial charge in [-0.25, -0.2) is 13.4 Å².